The maximum atomic E-state index is 12.4. The van der Waals surface area contributed by atoms with Crippen molar-refractivity contribution in [2.75, 3.05) is 5.32 Å². The number of pyridine rings is 1. The maximum Gasteiger partial charge on any atom is 0.303 e. The number of aryl methyl sites for hydroxylation is 1. The highest BCUT2D eigenvalue weighted by molar-refractivity contribution is 6.03. The molecule has 7 nitrogen and oxygen atoms in total. The quantitative estimate of drug-likeness (QED) is 0.721. The molecule has 0 aliphatic carbocycles. The Balaban J connectivity index is 1.68. The van der Waals surface area contributed by atoms with E-state index in [1.807, 2.05) is 0 Å². The number of rotatable bonds is 6. The SMILES string of the molecule is O=C(O)CCc1ccc(NC(=O)c2cc(-n3cccn3)ccn2)cc1. The van der Waals surface area contributed by atoms with E-state index in [0.29, 0.717) is 12.1 Å². The average Bonchev–Trinajstić information content (AvgIpc) is 3.16. The Morgan fingerprint density at radius 2 is 1.92 bits per heavy atom. The number of amides is 1. The Bertz CT molecular complexity index is 874. The summed E-state index contributed by atoms with van der Waals surface area (Å²) in [4.78, 5) is 27.0. The molecule has 1 aromatic carbocycles. The highest BCUT2D eigenvalue weighted by atomic mass is 16.4. The fourth-order valence-electron chi connectivity index (χ4n) is 2.31. The second-order valence-electron chi connectivity index (χ2n) is 5.39. The topological polar surface area (TPSA) is 97.1 Å². The summed E-state index contributed by atoms with van der Waals surface area (Å²) in [6.07, 6.45) is 5.53. The molecule has 2 aromatic heterocycles. The number of nitrogens with zero attached hydrogens (tertiary/aromatic N) is 3. The lowest BCUT2D eigenvalue weighted by Crippen LogP contribution is -2.14. The van der Waals surface area contributed by atoms with Crippen LogP contribution in [0.15, 0.2) is 61.1 Å². The molecule has 0 spiro atoms. The number of carboxylic acids is 1. The second-order valence-corrected chi connectivity index (χ2v) is 5.39. The third-order valence-electron chi connectivity index (χ3n) is 3.58. The van der Waals surface area contributed by atoms with Crippen molar-refractivity contribution in [2.45, 2.75) is 12.8 Å². The predicted molar refractivity (Wildman–Crippen MR) is 91.7 cm³/mol. The van der Waals surface area contributed by atoms with Crippen molar-refractivity contribution >= 4 is 17.6 Å². The lowest BCUT2D eigenvalue weighted by Gasteiger charge is -2.07. The van der Waals surface area contributed by atoms with Gasteiger partial charge in [-0.25, -0.2) is 4.68 Å². The molecule has 1 amide bonds. The third-order valence-corrected chi connectivity index (χ3v) is 3.58. The van der Waals surface area contributed by atoms with Gasteiger partial charge >= 0.3 is 5.97 Å². The van der Waals surface area contributed by atoms with Crippen molar-refractivity contribution in [2.24, 2.45) is 0 Å². The number of aromatic nitrogens is 3. The van der Waals surface area contributed by atoms with E-state index in [1.54, 1.807) is 65.7 Å². The van der Waals surface area contributed by atoms with Gasteiger partial charge in [-0.1, -0.05) is 12.1 Å². The van der Waals surface area contributed by atoms with Crippen LogP contribution in [0.4, 0.5) is 5.69 Å². The number of carboxylic acid groups (broad SMARTS) is 1. The summed E-state index contributed by atoms with van der Waals surface area (Å²) in [5.41, 5.74) is 2.55. The molecule has 0 fully saturated rings. The minimum atomic E-state index is -0.833. The molecule has 3 aromatic rings. The first kappa shape index (κ1) is 16.4. The zero-order chi connectivity index (χ0) is 17.6. The first-order valence-electron chi connectivity index (χ1n) is 7.70. The van der Waals surface area contributed by atoms with Crippen molar-refractivity contribution in [3.63, 3.8) is 0 Å². The van der Waals surface area contributed by atoms with Gasteiger partial charge in [-0.3, -0.25) is 14.6 Å². The van der Waals surface area contributed by atoms with Gasteiger partial charge in [0.05, 0.1) is 5.69 Å². The molecule has 0 atom stereocenters. The number of aliphatic carboxylic acids is 1. The largest absolute Gasteiger partial charge is 0.481 e. The monoisotopic (exact) mass is 336 g/mol. The summed E-state index contributed by atoms with van der Waals surface area (Å²) >= 11 is 0. The van der Waals surface area contributed by atoms with Gasteiger partial charge in [-0.05, 0) is 42.3 Å². The maximum absolute atomic E-state index is 12.4. The molecule has 0 unspecified atom stereocenters. The number of carbonyl (C=O) groups is 2. The minimum absolute atomic E-state index is 0.0792. The molecular weight excluding hydrogens is 320 g/mol. The summed E-state index contributed by atoms with van der Waals surface area (Å²) in [6.45, 7) is 0. The van der Waals surface area contributed by atoms with E-state index in [-0.39, 0.29) is 18.0 Å². The van der Waals surface area contributed by atoms with E-state index < -0.39 is 5.97 Å². The van der Waals surface area contributed by atoms with E-state index in [1.165, 1.54) is 0 Å². The van der Waals surface area contributed by atoms with Crippen LogP contribution in [-0.4, -0.2) is 31.7 Å². The van der Waals surface area contributed by atoms with Crippen LogP contribution in [-0.2, 0) is 11.2 Å². The molecular formula is C18H16N4O3. The van der Waals surface area contributed by atoms with Crippen molar-refractivity contribution in [3.05, 3.63) is 72.3 Å². The third kappa shape index (κ3) is 4.29. The van der Waals surface area contributed by atoms with Gasteiger partial charge in [0.1, 0.15) is 5.69 Å². The fraction of sp³-hybridized carbons (Fsp3) is 0.111. The molecule has 126 valence electrons. The van der Waals surface area contributed by atoms with Crippen LogP contribution in [0.2, 0.25) is 0 Å². The number of hydrogen-bond acceptors (Lipinski definition) is 4. The molecule has 0 aliphatic rings. The Hall–Kier alpha value is -3.48. The van der Waals surface area contributed by atoms with Crippen LogP contribution in [0.25, 0.3) is 5.69 Å². The molecule has 2 N–H and O–H groups in total. The van der Waals surface area contributed by atoms with Crippen molar-refractivity contribution in [1.29, 1.82) is 0 Å². The smallest absolute Gasteiger partial charge is 0.303 e. The van der Waals surface area contributed by atoms with E-state index in [4.69, 9.17) is 5.11 Å². The van der Waals surface area contributed by atoms with E-state index >= 15 is 0 Å². The van der Waals surface area contributed by atoms with Gasteiger partial charge in [-0.15, -0.1) is 0 Å². The van der Waals surface area contributed by atoms with Crippen LogP contribution in [0.5, 0.6) is 0 Å². The summed E-state index contributed by atoms with van der Waals surface area (Å²) in [5.74, 6) is -1.16. The van der Waals surface area contributed by atoms with Crippen molar-refractivity contribution < 1.29 is 14.7 Å². The Morgan fingerprint density at radius 1 is 1.12 bits per heavy atom. The molecule has 0 saturated heterocycles. The van der Waals surface area contributed by atoms with Gasteiger partial charge in [0.25, 0.3) is 5.91 Å². The number of carbonyl (C=O) groups excluding carboxylic acids is 1. The minimum Gasteiger partial charge on any atom is -0.481 e. The normalized spacial score (nSPS) is 10.4. The molecule has 2 heterocycles. The molecule has 7 heteroatoms. The standard InChI is InChI=1S/C18H16N4O3/c23-17(24)7-4-13-2-5-14(6-3-13)21-18(25)16-12-15(8-10-19-16)22-11-1-9-20-22/h1-3,5-6,8-12H,4,7H2,(H,21,25)(H,23,24). The van der Waals surface area contributed by atoms with Crippen LogP contribution >= 0.6 is 0 Å². The Kier molecular flexibility index (Phi) is 4.84. The summed E-state index contributed by atoms with van der Waals surface area (Å²) in [6, 6.07) is 12.3. The van der Waals surface area contributed by atoms with Gasteiger partial charge in [0.15, 0.2) is 0 Å². The zero-order valence-corrected chi connectivity index (χ0v) is 13.3. The first-order chi connectivity index (χ1) is 12.1. The number of benzene rings is 1. The number of anilines is 1. The van der Waals surface area contributed by atoms with Crippen molar-refractivity contribution in [3.8, 4) is 5.69 Å². The van der Waals surface area contributed by atoms with Gasteiger partial charge in [0, 0.05) is 30.7 Å². The molecule has 3 rings (SSSR count). The van der Waals surface area contributed by atoms with E-state index in [0.717, 1.165) is 11.3 Å². The van der Waals surface area contributed by atoms with Gasteiger partial charge in [0.2, 0.25) is 0 Å². The highest BCUT2D eigenvalue weighted by Crippen LogP contribution is 2.13. The highest BCUT2D eigenvalue weighted by Gasteiger charge is 2.09. The van der Waals surface area contributed by atoms with Crippen LogP contribution in [0.1, 0.15) is 22.5 Å². The second kappa shape index (κ2) is 7.39. The first-order valence-corrected chi connectivity index (χ1v) is 7.70. The Morgan fingerprint density at radius 3 is 2.60 bits per heavy atom. The van der Waals surface area contributed by atoms with E-state index in [2.05, 4.69) is 15.4 Å². The molecule has 0 bridgehead atoms. The summed E-state index contributed by atoms with van der Waals surface area (Å²) in [7, 11) is 0. The van der Waals surface area contributed by atoms with E-state index in [9.17, 15) is 9.59 Å². The van der Waals surface area contributed by atoms with Gasteiger partial charge < -0.3 is 10.4 Å². The van der Waals surface area contributed by atoms with Crippen LogP contribution < -0.4 is 5.32 Å². The lowest BCUT2D eigenvalue weighted by atomic mass is 10.1. The van der Waals surface area contributed by atoms with Crippen LogP contribution in [0, 0.1) is 0 Å². The molecule has 0 saturated carbocycles. The lowest BCUT2D eigenvalue weighted by molar-refractivity contribution is -0.136. The summed E-state index contributed by atoms with van der Waals surface area (Å²) < 4.78 is 1.65. The molecule has 0 aliphatic heterocycles. The average molecular weight is 336 g/mol. The zero-order valence-electron chi connectivity index (χ0n) is 13.3. The van der Waals surface area contributed by atoms with Crippen LogP contribution in [0.3, 0.4) is 0 Å². The van der Waals surface area contributed by atoms with Crippen molar-refractivity contribution in [1.82, 2.24) is 14.8 Å². The Labute approximate surface area is 143 Å². The molecule has 25 heavy (non-hydrogen) atoms. The number of hydrogen-bond donors (Lipinski definition) is 2. The fourth-order valence-corrected chi connectivity index (χ4v) is 2.31. The predicted octanol–water partition coefficient (Wildman–Crippen LogP) is 2.54. The molecule has 0 radical (unpaired) electrons. The summed E-state index contributed by atoms with van der Waals surface area (Å²) in [5, 5.41) is 15.6. The number of nitrogens with one attached hydrogen (secondary N) is 1. The van der Waals surface area contributed by atoms with Gasteiger partial charge in [-0.2, -0.15) is 5.10 Å².